The highest BCUT2D eigenvalue weighted by molar-refractivity contribution is 4.82. The van der Waals surface area contributed by atoms with Crippen LogP contribution in [-0.4, -0.2) is 0 Å². The van der Waals surface area contributed by atoms with Gasteiger partial charge in [0, 0.05) is 0 Å². The van der Waals surface area contributed by atoms with Crippen LogP contribution >= 0.6 is 0 Å². The van der Waals surface area contributed by atoms with Crippen molar-refractivity contribution in [2.45, 2.75) is 187 Å². The molecule has 196 valence electrons. The number of unbranched alkanes of at least 4 members (excludes halogenated alkanes) is 24. The second-order valence-electron chi connectivity index (χ2n) is 10.5. The average molecular weight is 461 g/mol. The van der Waals surface area contributed by atoms with Crippen LogP contribution in [0.1, 0.15) is 187 Å². The van der Waals surface area contributed by atoms with Crippen molar-refractivity contribution < 1.29 is 0 Å². The second kappa shape index (κ2) is 31.5. The average Bonchev–Trinajstić information content (AvgIpc) is 2.83. The van der Waals surface area contributed by atoms with Crippen molar-refractivity contribution in [1.29, 1.82) is 0 Å². The van der Waals surface area contributed by atoms with Gasteiger partial charge in [-0.25, -0.2) is 0 Å². The lowest BCUT2D eigenvalue weighted by molar-refractivity contribution is 0.547. The molecule has 0 aliphatic rings. The minimum atomic E-state index is 1.31. The fraction of sp³-hybridized carbons (Fsp3) is 0.879. The smallest absolute Gasteiger partial charge is 0.0351 e. The lowest BCUT2D eigenvalue weighted by atomic mass is 10.0. The molecule has 0 heteroatoms. The Balaban J connectivity index is 3.10. The van der Waals surface area contributed by atoms with E-state index in [4.69, 9.17) is 0 Å². The number of rotatable bonds is 28. The van der Waals surface area contributed by atoms with E-state index in [0.29, 0.717) is 0 Å². The van der Waals surface area contributed by atoms with Gasteiger partial charge in [-0.2, -0.15) is 0 Å². The summed E-state index contributed by atoms with van der Waals surface area (Å²) < 4.78 is 0. The van der Waals surface area contributed by atoms with Gasteiger partial charge >= 0.3 is 0 Å². The van der Waals surface area contributed by atoms with E-state index in [-0.39, 0.29) is 0 Å². The topological polar surface area (TPSA) is 0 Å². The van der Waals surface area contributed by atoms with E-state index in [1.165, 1.54) is 173 Å². The van der Waals surface area contributed by atoms with Crippen LogP contribution in [0.2, 0.25) is 0 Å². The van der Waals surface area contributed by atoms with Crippen molar-refractivity contribution in [2.24, 2.45) is 0 Å². The molecule has 0 aromatic heterocycles. The second-order valence-corrected chi connectivity index (χ2v) is 10.5. The summed E-state index contributed by atoms with van der Waals surface area (Å²) in [6.45, 7) is 4.59. The molecule has 0 nitrogen and oxygen atoms in total. The molecule has 33 heavy (non-hydrogen) atoms. The van der Waals surface area contributed by atoms with Gasteiger partial charge in [0.2, 0.25) is 0 Å². The lowest BCUT2D eigenvalue weighted by Gasteiger charge is -2.02. The van der Waals surface area contributed by atoms with Gasteiger partial charge in [-0.3, -0.25) is 0 Å². The molecule has 0 heterocycles. The first-order chi connectivity index (χ1) is 16.4. The molecular weight excluding hydrogens is 396 g/mol. The van der Waals surface area contributed by atoms with Crippen LogP contribution in [0.15, 0.2) is 24.3 Å². The first-order valence-electron chi connectivity index (χ1n) is 15.7. The molecule has 0 aliphatic carbocycles. The summed E-state index contributed by atoms with van der Waals surface area (Å²) in [6, 6.07) is 0. The Kier molecular flexibility index (Phi) is 31.0. The minimum Gasteiger partial charge on any atom is -0.0885 e. The molecule has 0 fully saturated rings. The van der Waals surface area contributed by atoms with E-state index in [0.717, 1.165) is 0 Å². The Morgan fingerprint density at radius 3 is 0.636 bits per heavy atom. The van der Waals surface area contributed by atoms with E-state index in [1.54, 1.807) is 0 Å². The van der Waals surface area contributed by atoms with Crippen LogP contribution in [-0.2, 0) is 0 Å². The Morgan fingerprint density at radius 2 is 0.424 bits per heavy atom. The van der Waals surface area contributed by atoms with E-state index >= 15 is 0 Å². The number of allylic oxidation sites excluding steroid dienone is 4. The largest absolute Gasteiger partial charge is 0.0885 e. The zero-order chi connectivity index (χ0) is 23.9. The molecule has 0 N–H and O–H groups in total. The third-order valence-electron chi connectivity index (χ3n) is 7.02. The summed E-state index contributed by atoms with van der Waals surface area (Å²) in [5.74, 6) is 0. The van der Waals surface area contributed by atoms with E-state index in [9.17, 15) is 0 Å². The van der Waals surface area contributed by atoms with E-state index < -0.39 is 0 Å². The SMILES string of the molecule is CCCCCCCCC=CCCCCCCCCCCCCCC=CCCCCCCCC. The molecule has 0 radical (unpaired) electrons. The molecule has 0 atom stereocenters. The van der Waals surface area contributed by atoms with Crippen LogP contribution in [0.4, 0.5) is 0 Å². The molecular formula is C33H64. The third kappa shape index (κ3) is 31.5. The van der Waals surface area contributed by atoms with Crippen molar-refractivity contribution in [3.63, 3.8) is 0 Å². The molecule has 0 rings (SSSR count). The summed E-state index contributed by atoms with van der Waals surface area (Å²) in [6.07, 6.45) is 47.9. The lowest BCUT2D eigenvalue weighted by Crippen LogP contribution is -1.82. The van der Waals surface area contributed by atoms with Crippen LogP contribution in [0.3, 0.4) is 0 Å². The third-order valence-corrected chi connectivity index (χ3v) is 7.02. The zero-order valence-electron chi connectivity index (χ0n) is 23.4. The molecule has 0 spiro atoms. The molecule has 0 amide bonds. The summed E-state index contributed by atoms with van der Waals surface area (Å²) >= 11 is 0. The van der Waals surface area contributed by atoms with Crippen molar-refractivity contribution in [1.82, 2.24) is 0 Å². The van der Waals surface area contributed by atoms with Gasteiger partial charge in [-0.1, -0.05) is 160 Å². The number of hydrogen-bond donors (Lipinski definition) is 0. The first-order valence-corrected chi connectivity index (χ1v) is 15.7. The monoisotopic (exact) mass is 461 g/mol. The summed E-state index contributed by atoms with van der Waals surface area (Å²) in [7, 11) is 0. The molecule has 0 bridgehead atoms. The summed E-state index contributed by atoms with van der Waals surface area (Å²) in [4.78, 5) is 0. The van der Waals surface area contributed by atoms with Gasteiger partial charge in [0.05, 0.1) is 0 Å². The van der Waals surface area contributed by atoms with Gasteiger partial charge < -0.3 is 0 Å². The van der Waals surface area contributed by atoms with Crippen LogP contribution in [0.5, 0.6) is 0 Å². The highest BCUT2D eigenvalue weighted by Crippen LogP contribution is 2.14. The molecule has 0 aliphatic heterocycles. The van der Waals surface area contributed by atoms with Gasteiger partial charge in [0.15, 0.2) is 0 Å². The Hall–Kier alpha value is -0.520. The predicted octanol–water partition coefficient (Wildman–Crippen LogP) is 12.7. The maximum absolute atomic E-state index is 2.44. The quantitative estimate of drug-likeness (QED) is 0.0804. The Labute approximate surface area is 211 Å². The molecule has 0 saturated heterocycles. The van der Waals surface area contributed by atoms with Crippen molar-refractivity contribution >= 4 is 0 Å². The molecule has 0 aromatic carbocycles. The highest BCUT2D eigenvalue weighted by atomic mass is 14.0. The van der Waals surface area contributed by atoms with Crippen LogP contribution < -0.4 is 0 Å². The Morgan fingerprint density at radius 1 is 0.242 bits per heavy atom. The maximum Gasteiger partial charge on any atom is -0.0351 e. The van der Waals surface area contributed by atoms with E-state index in [1.807, 2.05) is 0 Å². The molecule has 0 aromatic rings. The Bertz CT molecular complexity index is 341. The van der Waals surface area contributed by atoms with Gasteiger partial charge in [-0.15, -0.1) is 0 Å². The summed E-state index contributed by atoms with van der Waals surface area (Å²) in [5.41, 5.74) is 0. The van der Waals surface area contributed by atoms with Gasteiger partial charge in [-0.05, 0) is 51.4 Å². The fourth-order valence-corrected chi connectivity index (χ4v) is 4.67. The normalized spacial score (nSPS) is 11.9. The summed E-state index contributed by atoms with van der Waals surface area (Å²) in [5, 5.41) is 0. The fourth-order valence-electron chi connectivity index (χ4n) is 4.67. The van der Waals surface area contributed by atoms with Crippen LogP contribution in [0.25, 0.3) is 0 Å². The van der Waals surface area contributed by atoms with Crippen molar-refractivity contribution in [2.75, 3.05) is 0 Å². The molecule has 0 saturated carbocycles. The minimum absolute atomic E-state index is 1.31. The van der Waals surface area contributed by atoms with Gasteiger partial charge in [0.1, 0.15) is 0 Å². The van der Waals surface area contributed by atoms with Crippen LogP contribution in [0, 0.1) is 0 Å². The zero-order valence-corrected chi connectivity index (χ0v) is 23.4. The highest BCUT2D eigenvalue weighted by Gasteiger charge is 1.94. The molecule has 0 unspecified atom stereocenters. The maximum atomic E-state index is 2.44. The first kappa shape index (κ1) is 32.5. The van der Waals surface area contributed by atoms with Gasteiger partial charge in [0.25, 0.3) is 0 Å². The van der Waals surface area contributed by atoms with Crippen molar-refractivity contribution in [3.8, 4) is 0 Å². The predicted molar refractivity (Wildman–Crippen MR) is 154 cm³/mol. The number of hydrogen-bond acceptors (Lipinski definition) is 0. The standard InChI is InChI=1S/C33H64/c1-3-5-7-9-11-13-15-17-19-21-23-25-27-29-31-33-32-30-28-26-24-22-20-18-16-14-12-10-8-6-4-2/h17-20H,3-16,21-33H2,1-2H3. The van der Waals surface area contributed by atoms with E-state index in [2.05, 4.69) is 38.2 Å². The van der Waals surface area contributed by atoms with Crippen molar-refractivity contribution in [3.05, 3.63) is 24.3 Å².